The van der Waals surface area contributed by atoms with E-state index in [1.165, 1.54) is 0 Å². The second-order valence-corrected chi connectivity index (χ2v) is 9.81. The topological polar surface area (TPSA) is 102 Å². The number of aromatic hydroxyl groups is 1. The lowest BCUT2D eigenvalue weighted by Crippen LogP contribution is -2.52. The fourth-order valence-electron chi connectivity index (χ4n) is 5.06. The highest BCUT2D eigenvalue weighted by Crippen LogP contribution is 2.29. The number of amides is 2. The fourth-order valence-corrected chi connectivity index (χ4v) is 5.06. The van der Waals surface area contributed by atoms with E-state index < -0.39 is 0 Å². The van der Waals surface area contributed by atoms with Crippen molar-refractivity contribution in [1.82, 2.24) is 25.0 Å². The van der Waals surface area contributed by atoms with E-state index in [0.717, 1.165) is 24.0 Å². The van der Waals surface area contributed by atoms with E-state index >= 15 is 0 Å². The molecule has 3 heterocycles. The summed E-state index contributed by atoms with van der Waals surface area (Å²) in [5.41, 5.74) is 4.04. The van der Waals surface area contributed by atoms with Gasteiger partial charge < -0.3 is 14.9 Å². The first-order chi connectivity index (χ1) is 19.0. The zero-order valence-electron chi connectivity index (χ0n) is 22.3. The lowest BCUT2D eigenvalue weighted by atomic mass is 10.0. The van der Waals surface area contributed by atoms with Crippen LogP contribution in [0.25, 0.3) is 34.4 Å². The number of nitrogens with one attached hydrogen (secondary N) is 1. The van der Waals surface area contributed by atoms with Gasteiger partial charge >= 0.3 is 0 Å². The molecule has 1 saturated heterocycles. The van der Waals surface area contributed by atoms with Crippen LogP contribution in [0.15, 0.2) is 60.7 Å². The molecule has 1 fully saturated rings. The first-order valence-corrected chi connectivity index (χ1v) is 13.5. The molecule has 5 rings (SSSR count). The number of hydrogen-bond acceptors (Lipinski definition) is 5. The van der Waals surface area contributed by atoms with Crippen LogP contribution >= 0.6 is 0 Å². The number of aromatic nitrogens is 3. The third-order valence-electron chi connectivity index (χ3n) is 7.40. The third kappa shape index (κ3) is 5.55. The number of hydrogen-bond donors (Lipinski definition) is 2. The summed E-state index contributed by atoms with van der Waals surface area (Å²) in [5.74, 6) is 0.249. The Morgan fingerprint density at radius 3 is 2.28 bits per heavy atom. The summed E-state index contributed by atoms with van der Waals surface area (Å²) in [6.07, 6.45) is 5.53. The molecule has 8 nitrogen and oxygen atoms in total. The van der Waals surface area contributed by atoms with Crippen LogP contribution in [0, 0.1) is 5.92 Å². The van der Waals surface area contributed by atoms with Gasteiger partial charge in [0.05, 0.1) is 22.3 Å². The van der Waals surface area contributed by atoms with E-state index in [-0.39, 0.29) is 23.5 Å². The maximum atomic E-state index is 14.0. The number of phenolic OH excluding ortho intramolecular Hbond substituents is 1. The maximum absolute atomic E-state index is 14.0. The van der Waals surface area contributed by atoms with Gasteiger partial charge in [-0.1, -0.05) is 50.3 Å². The monoisotopic (exact) mass is 523 g/mol. The molecule has 1 aliphatic rings. The van der Waals surface area contributed by atoms with Crippen molar-refractivity contribution >= 4 is 35.0 Å². The minimum atomic E-state index is -0.118. The van der Waals surface area contributed by atoms with E-state index in [2.05, 4.69) is 10.2 Å². The summed E-state index contributed by atoms with van der Waals surface area (Å²) in [6, 6.07) is 18.4. The molecule has 8 heteroatoms. The Hall–Kier alpha value is -4.46. The minimum Gasteiger partial charge on any atom is -0.508 e. The minimum absolute atomic E-state index is 0.0323. The number of carbonyl (C=O) groups is 2. The van der Waals surface area contributed by atoms with Crippen molar-refractivity contribution in [3.63, 3.8) is 0 Å². The lowest BCUT2D eigenvalue weighted by Gasteiger charge is -2.36. The van der Waals surface area contributed by atoms with Gasteiger partial charge in [0, 0.05) is 37.7 Å². The van der Waals surface area contributed by atoms with Gasteiger partial charge in [-0.3, -0.25) is 14.7 Å². The number of rotatable bonds is 7. The van der Waals surface area contributed by atoms with Gasteiger partial charge in [-0.05, 0) is 54.8 Å². The molecule has 2 N–H and O–H groups in total. The number of benzene rings is 2. The van der Waals surface area contributed by atoms with Crippen molar-refractivity contribution < 1.29 is 14.7 Å². The van der Waals surface area contributed by atoms with E-state index in [4.69, 9.17) is 4.98 Å². The average Bonchev–Trinajstić information content (AvgIpc) is 3.40. The maximum Gasteiger partial charge on any atom is 0.254 e. The highest BCUT2D eigenvalue weighted by atomic mass is 16.3. The van der Waals surface area contributed by atoms with E-state index in [1.54, 1.807) is 30.3 Å². The summed E-state index contributed by atoms with van der Waals surface area (Å²) in [6.45, 7) is 6.06. The number of aromatic amines is 1. The van der Waals surface area contributed by atoms with Crippen LogP contribution in [0.4, 0.5) is 0 Å². The Balaban J connectivity index is 1.49. The summed E-state index contributed by atoms with van der Waals surface area (Å²) >= 11 is 0. The second-order valence-electron chi connectivity index (χ2n) is 9.81. The Bertz CT molecular complexity index is 1480. The van der Waals surface area contributed by atoms with Crippen molar-refractivity contribution in [3.05, 3.63) is 77.5 Å². The van der Waals surface area contributed by atoms with E-state index in [0.29, 0.717) is 54.2 Å². The molecule has 0 saturated carbocycles. The molecule has 2 aromatic carbocycles. The van der Waals surface area contributed by atoms with Gasteiger partial charge in [0.25, 0.3) is 5.91 Å². The van der Waals surface area contributed by atoms with Gasteiger partial charge in [-0.2, -0.15) is 5.10 Å². The van der Waals surface area contributed by atoms with Crippen LogP contribution < -0.4 is 0 Å². The molecule has 0 aliphatic carbocycles. The number of carbonyl (C=O) groups excluding carboxylic acids is 2. The molecule has 0 spiro atoms. The smallest absolute Gasteiger partial charge is 0.254 e. The van der Waals surface area contributed by atoms with Crippen molar-refractivity contribution in [3.8, 4) is 17.0 Å². The molecule has 4 aromatic rings. The predicted molar refractivity (Wildman–Crippen MR) is 153 cm³/mol. The zero-order valence-corrected chi connectivity index (χ0v) is 22.3. The van der Waals surface area contributed by atoms with Gasteiger partial charge in [0.15, 0.2) is 5.65 Å². The van der Waals surface area contributed by atoms with E-state index in [9.17, 15) is 14.7 Å². The standard InChI is InChI=1S/C31H33N5O3/c1-3-22(4-2)30(38)35-16-18-36(19-17-35)31(39)25-20-27(23-11-13-24(37)14-12-23)32-29-28(25)26(33-34-29)15-10-21-8-6-5-7-9-21/h5-15,20,22,37H,3-4,16-19H2,1-2H3,(H,32,33,34). The van der Waals surface area contributed by atoms with Gasteiger partial charge in [-0.25, -0.2) is 4.98 Å². The SMILES string of the molecule is CCC(CC)C(=O)N1CCN(C(=O)c2cc(-c3ccc(O)cc3)nc3n[nH]c(C=Cc4ccccc4)c23)CC1. The molecule has 0 unspecified atom stereocenters. The number of H-pyrrole nitrogens is 1. The highest BCUT2D eigenvalue weighted by molar-refractivity contribution is 6.09. The largest absolute Gasteiger partial charge is 0.508 e. The normalized spacial score (nSPS) is 14.0. The molecule has 0 bridgehead atoms. The van der Waals surface area contributed by atoms with Crippen molar-refractivity contribution in [2.75, 3.05) is 26.2 Å². The zero-order chi connectivity index (χ0) is 27.4. The molecule has 0 atom stereocenters. The number of pyridine rings is 1. The number of fused-ring (bicyclic) bond motifs is 1. The van der Waals surface area contributed by atoms with Gasteiger partial charge in [-0.15, -0.1) is 0 Å². The van der Waals surface area contributed by atoms with Crippen LogP contribution in [0.3, 0.4) is 0 Å². The second kappa shape index (κ2) is 11.5. The molecular formula is C31H33N5O3. The molecule has 0 radical (unpaired) electrons. The molecule has 1 aliphatic heterocycles. The summed E-state index contributed by atoms with van der Waals surface area (Å²) < 4.78 is 0. The van der Waals surface area contributed by atoms with Crippen LogP contribution in [0.2, 0.25) is 0 Å². The van der Waals surface area contributed by atoms with Crippen LogP contribution in [-0.2, 0) is 4.79 Å². The van der Waals surface area contributed by atoms with Crippen molar-refractivity contribution in [1.29, 1.82) is 0 Å². The predicted octanol–water partition coefficient (Wildman–Crippen LogP) is 5.22. The summed E-state index contributed by atoms with van der Waals surface area (Å²) in [7, 11) is 0. The molecule has 200 valence electrons. The van der Waals surface area contributed by atoms with Gasteiger partial charge in [0.1, 0.15) is 5.75 Å². The summed E-state index contributed by atoms with van der Waals surface area (Å²) in [5, 5.41) is 17.9. The molecular weight excluding hydrogens is 490 g/mol. The number of piperazine rings is 1. The summed E-state index contributed by atoms with van der Waals surface area (Å²) in [4.78, 5) is 35.3. The van der Waals surface area contributed by atoms with Crippen LogP contribution in [0.5, 0.6) is 5.75 Å². The van der Waals surface area contributed by atoms with Crippen molar-refractivity contribution in [2.45, 2.75) is 26.7 Å². The quantitative estimate of drug-likeness (QED) is 0.346. The highest BCUT2D eigenvalue weighted by Gasteiger charge is 2.29. The van der Waals surface area contributed by atoms with Crippen LogP contribution in [-0.4, -0.2) is 68.1 Å². The molecule has 2 amide bonds. The Kier molecular flexibility index (Phi) is 7.72. The Morgan fingerprint density at radius 1 is 0.949 bits per heavy atom. The van der Waals surface area contributed by atoms with Gasteiger partial charge in [0.2, 0.25) is 5.91 Å². The van der Waals surface area contributed by atoms with Crippen LogP contribution in [0.1, 0.15) is 48.3 Å². The first-order valence-electron chi connectivity index (χ1n) is 13.5. The third-order valence-corrected chi connectivity index (χ3v) is 7.40. The fraction of sp³-hybridized carbons (Fsp3) is 0.290. The van der Waals surface area contributed by atoms with E-state index in [1.807, 2.05) is 66.1 Å². The number of phenols is 1. The lowest BCUT2D eigenvalue weighted by molar-refractivity contribution is -0.137. The average molecular weight is 524 g/mol. The first kappa shape index (κ1) is 26.2. The molecule has 2 aromatic heterocycles. The molecule has 39 heavy (non-hydrogen) atoms. The Morgan fingerprint density at radius 2 is 1.62 bits per heavy atom. The Labute approximate surface area is 228 Å². The van der Waals surface area contributed by atoms with Crippen molar-refractivity contribution in [2.24, 2.45) is 5.92 Å². The number of nitrogens with zero attached hydrogens (tertiary/aromatic N) is 4.